The summed E-state index contributed by atoms with van der Waals surface area (Å²) in [5.41, 5.74) is 1.21. The first kappa shape index (κ1) is 14.1. The summed E-state index contributed by atoms with van der Waals surface area (Å²) < 4.78 is 0. The van der Waals surface area contributed by atoms with E-state index in [1.807, 2.05) is 11.8 Å². The lowest BCUT2D eigenvalue weighted by Crippen LogP contribution is -1.98. The topological polar surface area (TPSA) is 25.8 Å². The van der Waals surface area contributed by atoms with Gasteiger partial charge in [-0.25, -0.2) is 9.97 Å². The van der Waals surface area contributed by atoms with Gasteiger partial charge in [0.15, 0.2) is 0 Å². The molecule has 2 nitrogen and oxygen atoms in total. The van der Waals surface area contributed by atoms with Crippen LogP contribution >= 0.6 is 34.7 Å². The molecule has 0 bridgehead atoms. The molecule has 0 saturated heterocycles. The van der Waals surface area contributed by atoms with Crippen molar-refractivity contribution in [2.45, 2.75) is 45.1 Å². The van der Waals surface area contributed by atoms with E-state index in [0.717, 1.165) is 28.2 Å². The van der Waals surface area contributed by atoms with Crippen LogP contribution in [0.2, 0.25) is 5.15 Å². The highest BCUT2D eigenvalue weighted by Gasteiger charge is 2.13. The van der Waals surface area contributed by atoms with E-state index >= 15 is 0 Å². The number of thiophene rings is 1. The Labute approximate surface area is 121 Å². The highest BCUT2D eigenvalue weighted by molar-refractivity contribution is 7.99. The fraction of sp³-hybridized carbons (Fsp3) is 0.538. The van der Waals surface area contributed by atoms with E-state index in [9.17, 15) is 0 Å². The molecule has 98 valence electrons. The minimum atomic E-state index is 0.599. The number of rotatable bonds is 4. The van der Waals surface area contributed by atoms with Gasteiger partial charge in [0, 0.05) is 10.1 Å². The van der Waals surface area contributed by atoms with Crippen LogP contribution in [0.1, 0.15) is 36.5 Å². The molecule has 0 spiro atoms. The van der Waals surface area contributed by atoms with E-state index in [1.165, 1.54) is 10.4 Å². The van der Waals surface area contributed by atoms with Crippen molar-refractivity contribution in [2.75, 3.05) is 0 Å². The summed E-state index contributed by atoms with van der Waals surface area (Å²) in [5, 5.41) is 2.26. The lowest BCUT2D eigenvalue weighted by molar-refractivity contribution is 0.902. The molecule has 2 aromatic rings. The van der Waals surface area contributed by atoms with Gasteiger partial charge in [-0.1, -0.05) is 25.4 Å². The van der Waals surface area contributed by atoms with Gasteiger partial charge in [0.05, 0.1) is 11.1 Å². The maximum atomic E-state index is 6.28. The van der Waals surface area contributed by atoms with Gasteiger partial charge < -0.3 is 0 Å². The van der Waals surface area contributed by atoms with Crippen LogP contribution < -0.4 is 0 Å². The SMILES string of the molecule is CCC(C)SCc1nc(Cl)c2c(C)c(C)sc2n1. The molecule has 18 heavy (non-hydrogen) atoms. The Kier molecular flexibility index (Phi) is 4.51. The Bertz CT molecular complexity index is 566. The van der Waals surface area contributed by atoms with Crippen molar-refractivity contribution < 1.29 is 0 Å². The second-order valence-electron chi connectivity index (χ2n) is 4.42. The van der Waals surface area contributed by atoms with E-state index < -0.39 is 0 Å². The zero-order valence-corrected chi connectivity index (χ0v) is 13.5. The summed E-state index contributed by atoms with van der Waals surface area (Å²) in [6.07, 6.45) is 1.16. The molecule has 0 radical (unpaired) electrons. The molecule has 1 atom stereocenters. The van der Waals surface area contributed by atoms with Crippen LogP contribution in [0.5, 0.6) is 0 Å². The van der Waals surface area contributed by atoms with Crippen molar-refractivity contribution in [3.05, 3.63) is 21.4 Å². The molecule has 0 aromatic carbocycles. The predicted molar refractivity (Wildman–Crippen MR) is 82.9 cm³/mol. The molecule has 0 saturated carbocycles. The zero-order valence-electron chi connectivity index (χ0n) is 11.1. The highest BCUT2D eigenvalue weighted by atomic mass is 35.5. The predicted octanol–water partition coefficient (Wildman–Crippen LogP) is 4.99. The van der Waals surface area contributed by atoms with Crippen LogP contribution in [-0.2, 0) is 5.75 Å². The van der Waals surface area contributed by atoms with Gasteiger partial charge in [0.25, 0.3) is 0 Å². The number of nitrogens with zero attached hydrogens (tertiary/aromatic N) is 2. The van der Waals surface area contributed by atoms with E-state index in [2.05, 4.69) is 37.7 Å². The standard InChI is InChI=1S/C13H17ClN2S2/c1-5-7(2)17-6-10-15-12(14)11-8(3)9(4)18-13(11)16-10/h7H,5-6H2,1-4H3. The lowest BCUT2D eigenvalue weighted by atomic mass is 10.2. The minimum Gasteiger partial charge on any atom is -0.221 e. The Hall–Kier alpha value is -0.320. The summed E-state index contributed by atoms with van der Waals surface area (Å²) in [5.74, 6) is 1.68. The van der Waals surface area contributed by atoms with Crippen molar-refractivity contribution in [2.24, 2.45) is 0 Å². The largest absolute Gasteiger partial charge is 0.221 e. The van der Waals surface area contributed by atoms with Crippen molar-refractivity contribution >= 4 is 44.9 Å². The molecule has 0 fully saturated rings. The van der Waals surface area contributed by atoms with Crippen molar-refractivity contribution in [1.82, 2.24) is 9.97 Å². The Morgan fingerprint density at radius 1 is 1.33 bits per heavy atom. The molecule has 0 N–H and O–H groups in total. The first-order valence-electron chi connectivity index (χ1n) is 6.06. The average molecular weight is 301 g/mol. The molecule has 2 heterocycles. The summed E-state index contributed by atoms with van der Waals surface area (Å²) in [4.78, 5) is 11.3. The van der Waals surface area contributed by atoms with Crippen molar-refractivity contribution in [3.8, 4) is 0 Å². The monoisotopic (exact) mass is 300 g/mol. The van der Waals surface area contributed by atoms with Crippen molar-refractivity contribution in [1.29, 1.82) is 0 Å². The third-order valence-corrected chi connectivity index (χ3v) is 5.80. The number of halogens is 1. The van der Waals surface area contributed by atoms with Gasteiger partial charge in [-0.3, -0.25) is 0 Å². The Morgan fingerprint density at radius 2 is 2.06 bits per heavy atom. The quantitative estimate of drug-likeness (QED) is 0.744. The molecule has 0 aliphatic carbocycles. The van der Waals surface area contributed by atoms with Crippen LogP contribution in [-0.4, -0.2) is 15.2 Å². The first-order chi connectivity index (χ1) is 8.52. The molecule has 2 rings (SSSR count). The van der Waals surface area contributed by atoms with Gasteiger partial charge in [-0.2, -0.15) is 11.8 Å². The van der Waals surface area contributed by atoms with E-state index in [-0.39, 0.29) is 0 Å². The lowest BCUT2D eigenvalue weighted by Gasteiger charge is -2.07. The molecular weight excluding hydrogens is 284 g/mol. The van der Waals surface area contributed by atoms with Gasteiger partial charge in [0.2, 0.25) is 0 Å². The molecule has 0 aliphatic rings. The normalized spacial score (nSPS) is 13.2. The van der Waals surface area contributed by atoms with Crippen molar-refractivity contribution in [3.63, 3.8) is 0 Å². The molecule has 1 unspecified atom stereocenters. The molecule has 0 aliphatic heterocycles. The fourth-order valence-electron chi connectivity index (χ4n) is 1.64. The number of aromatic nitrogens is 2. The number of aryl methyl sites for hydroxylation is 2. The number of hydrogen-bond donors (Lipinski definition) is 0. The van der Waals surface area contributed by atoms with Crippen LogP contribution in [0.3, 0.4) is 0 Å². The summed E-state index contributed by atoms with van der Waals surface area (Å²) >= 11 is 9.86. The third kappa shape index (κ3) is 2.81. The first-order valence-corrected chi connectivity index (χ1v) is 8.31. The minimum absolute atomic E-state index is 0.599. The second-order valence-corrected chi connectivity index (χ2v) is 7.41. The Morgan fingerprint density at radius 3 is 2.72 bits per heavy atom. The summed E-state index contributed by atoms with van der Waals surface area (Å²) in [6, 6.07) is 0. The summed E-state index contributed by atoms with van der Waals surface area (Å²) in [6.45, 7) is 8.60. The smallest absolute Gasteiger partial charge is 0.141 e. The highest BCUT2D eigenvalue weighted by Crippen LogP contribution is 2.33. The molecule has 2 aromatic heterocycles. The average Bonchev–Trinajstić information content (AvgIpc) is 2.62. The summed E-state index contributed by atoms with van der Waals surface area (Å²) in [7, 11) is 0. The van der Waals surface area contributed by atoms with Crippen LogP contribution in [0.25, 0.3) is 10.2 Å². The number of fused-ring (bicyclic) bond motifs is 1. The van der Waals surface area contributed by atoms with E-state index in [4.69, 9.17) is 11.6 Å². The van der Waals surface area contributed by atoms with Gasteiger partial charge in [-0.15, -0.1) is 11.3 Å². The van der Waals surface area contributed by atoms with Crippen LogP contribution in [0.15, 0.2) is 0 Å². The van der Waals surface area contributed by atoms with Crippen LogP contribution in [0.4, 0.5) is 0 Å². The zero-order chi connectivity index (χ0) is 13.3. The maximum absolute atomic E-state index is 6.28. The third-order valence-electron chi connectivity index (χ3n) is 3.10. The maximum Gasteiger partial charge on any atom is 0.141 e. The molecular formula is C13H17ClN2S2. The number of thioether (sulfide) groups is 1. The van der Waals surface area contributed by atoms with Crippen LogP contribution in [0, 0.1) is 13.8 Å². The van der Waals surface area contributed by atoms with E-state index in [1.54, 1.807) is 11.3 Å². The van der Waals surface area contributed by atoms with Gasteiger partial charge in [-0.05, 0) is 25.8 Å². The van der Waals surface area contributed by atoms with Gasteiger partial charge in [0.1, 0.15) is 15.8 Å². The Balaban J connectivity index is 2.32. The fourth-order valence-corrected chi connectivity index (χ4v) is 3.87. The molecule has 5 heteroatoms. The number of hydrogen-bond acceptors (Lipinski definition) is 4. The second kappa shape index (κ2) is 5.76. The molecule has 0 amide bonds. The van der Waals surface area contributed by atoms with Gasteiger partial charge >= 0.3 is 0 Å². The van der Waals surface area contributed by atoms with E-state index in [0.29, 0.717) is 10.4 Å².